The SMILES string of the molecule is COc1cccc2onc(Cn3c(=O)ccn([C@@H]4O[C@H](CO)C(O)=C4O)c3=O)c12. The molecule has 1 aliphatic heterocycles. The van der Waals surface area contributed by atoms with Crippen LogP contribution in [0.25, 0.3) is 11.0 Å². The van der Waals surface area contributed by atoms with E-state index in [0.717, 1.165) is 21.4 Å². The second kappa shape index (κ2) is 7.11. The van der Waals surface area contributed by atoms with Gasteiger partial charge in [-0.3, -0.25) is 13.9 Å². The van der Waals surface area contributed by atoms with Crippen LogP contribution in [0.4, 0.5) is 0 Å². The van der Waals surface area contributed by atoms with E-state index in [4.69, 9.17) is 14.0 Å². The van der Waals surface area contributed by atoms with Gasteiger partial charge in [-0.15, -0.1) is 0 Å². The third kappa shape index (κ3) is 2.96. The highest BCUT2D eigenvalue weighted by molar-refractivity contribution is 5.86. The molecule has 0 aliphatic carbocycles. The average molecular weight is 403 g/mol. The summed E-state index contributed by atoms with van der Waals surface area (Å²) in [5.41, 5.74) is -0.690. The lowest BCUT2D eigenvalue weighted by Crippen LogP contribution is -2.41. The van der Waals surface area contributed by atoms with E-state index in [0.29, 0.717) is 22.4 Å². The molecule has 0 amide bonds. The van der Waals surface area contributed by atoms with Crippen LogP contribution in [0.2, 0.25) is 0 Å². The monoisotopic (exact) mass is 403 g/mol. The Morgan fingerprint density at radius 1 is 1.21 bits per heavy atom. The zero-order chi connectivity index (χ0) is 20.7. The summed E-state index contributed by atoms with van der Waals surface area (Å²) in [6.45, 7) is -0.815. The molecule has 0 saturated heterocycles. The van der Waals surface area contributed by atoms with E-state index >= 15 is 0 Å². The second-order valence-corrected chi connectivity index (χ2v) is 6.32. The highest BCUT2D eigenvalue weighted by Gasteiger charge is 2.36. The Bertz CT molecular complexity index is 1220. The van der Waals surface area contributed by atoms with Gasteiger partial charge in [-0.25, -0.2) is 4.79 Å². The molecule has 0 radical (unpaired) electrons. The van der Waals surface area contributed by atoms with Crippen LogP contribution in [0, 0.1) is 0 Å². The first-order chi connectivity index (χ1) is 14.0. The molecule has 11 nitrogen and oxygen atoms in total. The van der Waals surface area contributed by atoms with Crippen molar-refractivity contribution in [3.05, 3.63) is 68.5 Å². The molecule has 4 rings (SSSR count). The maximum absolute atomic E-state index is 12.9. The number of aliphatic hydroxyl groups is 3. The maximum atomic E-state index is 12.9. The number of fused-ring (bicyclic) bond motifs is 1. The summed E-state index contributed by atoms with van der Waals surface area (Å²) >= 11 is 0. The van der Waals surface area contributed by atoms with Crippen molar-refractivity contribution in [3.8, 4) is 5.75 Å². The largest absolute Gasteiger partial charge is 0.506 e. The number of methoxy groups -OCH3 is 1. The van der Waals surface area contributed by atoms with Gasteiger partial charge in [-0.1, -0.05) is 11.2 Å². The normalized spacial score (nSPS) is 19.2. The molecule has 29 heavy (non-hydrogen) atoms. The minimum Gasteiger partial charge on any atom is -0.506 e. The van der Waals surface area contributed by atoms with Gasteiger partial charge < -0.3 is 29.3 Å². The van der Waals surface area contributed by atoms with Crippen molar-refractivity contribution < 1.29 is 29.3 Å². The third-order valence-electron chi connectivity index (χ3n) is 4.67. The van der Waals surface area contributed by atoms with Crippen LogP contribution in [-0.4, -0.2) is 49.4 Å². The van der Waals surface area contributed by atoms with Gasteiger partial charge in [0.1, 0.15) is 17.5 Å². The quantitative estimate of drug-likeness (QED) is 0.551. The minimum absolute atomic E-state index is 0.224. The molecule has 2 atom stereocenters. The van der Waals surface area contributed by atoms with E-state index in [9.17, 15) is 24.9 Å². The molecule has 152 valence electrons. The fourth-order valence-corrected chi connectivity index (χ4v) is 3.21. The first-order valence-electron chi connectivity index (χ1n) is 8.57. The molecule has 0 unspecified atom stereocenters. The summed E-state index contributed by atoms with van der Waals surface area (Å²) in [5.74, 6) is -0.724. The fourth-order valence-electron chi connectivity index (χ4n) is 3.21. The molecule has 0 saturated carbocycles. The molecule has 3 N–H and O–H groups in total. The molecular formula is C18H17N3O8. The van der Waals surface area contributed by atoms with Crippen molar-refractivity contribution in [1.82, 2.24) is 14.3 Å². The fraction of sp³-hybridized carbons (Fsp3) is 0.278. The number of aliphatic hydroxyl groups excluding tert-OH is 3. The number of aromatic nitrogens is 3. The topological polar surface area (TPSA) is 149 Å². The van der Waals surface area contributed by atoms with Gasteiger partial charge in [0.15, 0.2) is 23.3 Å². The molecular weight excluding hydrogens is 386 g/mol. The Kier molecular flexibility index (Phi) is 4.60. The molecule has 3 heterocycles. The Balaban J connectivity index is 1.79. The number of benzene rings is 1. The third-order valence-corrected chi connectivity index (χ3v) is 4.67. The zero-order valence-electron chi connectivity index (χ0n) is 15.2. The number of hydrogen-bond acceptors (Lipinski definition) is 9. The molecule has 3 aromatic rings. The molecule has 0 fully saturated rings. The Morgan fingerprint density at radius 3 is 2.69 bits per heavy atom. The summed E-state index contributed by atoms with van der Waals surface area (Å²) in [6.07, 6.45) is -1.41. The first-order valence-corrected chi connectivity index (χ1v) is 8.57. The highest BCUT2D eigenvalue weighted by atomic mass is 16.6. The lowest BCUT2D eigenvalue weighted by atomic mass is 10.2. The van der Waals surface area contributed by atoms with Crippen molar-refractivity contribution in [2.45, 2.75) is 18.9 Å². The summed E-state index contributed by atoms with van der Waals surface area (Å²) in [4.78, 5) is 25.3. The molecule has 1 aromatic carbocycles. The van der Waals surface area contributed by atoms with E-state index in [1.54, 1.807) is 18.2 Å². The summed E-state index contributed by atoms with van der Waals surface area (Å²) in [5, 5.41) is 33.5. The van der Waals surface area contributed by atoms with Crippen LogP contribution >= 0.6 is 0 Å². The Hall–Kier alpha value is -3.57. The lowest BCUT2D eigenvalue weighted by molar-refractivity contribution is -0.0374. The van der Waals surface area contributed by atoms with E-state index < -0.39 is 41.7 Å². The van der Waals surface area contributed by atoms with Gasteiger partial charge in [-0.2, -0.15) is 0 Å². The van der Waals surface area contributed by atoms with Crippen LogP contribution < -0.4 is 16.0 Å². The number of ether oxygens (including phenoxy) is 2. The molecule has 0 bridgehead atoms. The summed E-state index contributed by atoms with van der Waals surface area (Å²) in [7, 11) is 1.48. The smallest absolute Gasteiger partial charge is 0.333 e. The van der Waals surface area contributed by atoms with Crippen molar-refractivity contribution in [2.75, 3.05) is 13.7 Å². The number of nitrogens with zero attached hydrogens (tertiary/aromatic N) is 3. The zero-order valence-corrected chi connectivity index (χ0v) is 15.2. The van der Waals surface area contributed by atoms with Gasteiger partial charge in [0, 0.05) is 12.3 Å². The van der Waals surface area contributed by atoms with Crippen molar-refractivity contribution in [2.24, 2.45) is 0 Å². The van der Waals surface area contributed by atoms with Gasteiger partial charge in [0.2, 0.25) is 0 Å². The maximum Gasteiger partial charge on any atom is 0.333 e. The van der Waals surface area contributed by atoms with Crippen LogP contribution in [0.3, 0.4) is 0 Å². The van der Waals surface area contributed by atoms with Gasteiger partial charge in [0.25, 0.3) is 5.56 Å². The summed E-state index contributed by atoms with van der Waals surface area (Å²) in [6, 6.07) is 6.20. The van der Waals surface area contributed by atoms with E-state index in [2.05, 4.69) is 5.16 Å². The van der Waals surface area contributed by atoms with Crippen LogP contribution in [0.5, 0.6) is 5.75 Å². The predicted molar refractivity (Wildman–Crippen MR) is 97.9 cm³/mol. The number of hydrogen-bond donors (Lipinski definition) is 3. The minimum atomic E-state index is -1.38. The summed E-state index contributed by atoms with van der Waals surface area (Å²) < 4.78 is 17.7. The molecule has 2 aromatic heterocycles. The van der Waals surface area contributed by atoms with Gasteiger partial charge in [-0.05, 0) is 12.1 Å². The van der Waals surface area contributed by atoms with Crippen LogP contribution in [0.1, 0.15) is 11.9 Å². The standard InChI is InChI=1S/C18H17N3O8/c1-27-10-3-2-4-11-14(10)9(19-29-11)7-21-13(23)5-6-20(18(21)26)17-16(25)15(24)12(8-22)28-17/h2-6,12,17,22,24-25H,7-8H2,1H3/t12-,17-/m1/s1. The van der Waals surface area contributed by atoms with E-state index in [1.807, 2.05) is 0 Å². The Morgan fingerprint density at radius 2 is 2.00 bits per heavy atom. The lowest BCUT2D eigenvalue weighted by Gasteiger charge is -2.16. The van der Waals surface area contributed by atoms with Crippen molar-refractivity contribution in [3.63, 3.8) is 0 Å². The van der Waals surface area contributed by atoms with E-state index in [-0.39, 0.29) is 6.54 Å². The van der Waals surface area contributed by atoms with Crippen LogP contribution in [0.15, 0.2) is 56.1 Å². The first kappa shape index (κ1) is 18.8. The highest BCUT2D eigenvalue weighted by Crippen LogP contribution is 2.31. The van der Waals surface area contributed by atoms with Gasteiger partial charge in [0.05, 0.1) is 25.6 Å². The van der Waals surface area contributed by atoms with Crippen LogP contribution in [-0.2, 0) is 11.3 Å². The van der Waals surface area contributed by atoms with E-state index in [1.165, 1.54) is 7.11 Å². The molecule has 11 heteroatoms. The molecule has 0 spiro atoms. The van der Waals surface area contributed by atoms with Crippen molar-refractivity contribution in [1.29, 1.82) is 0 Å². The average Bonchev–Trinajstić information content (AvgIpc) is 3.26. The molecule has 1 aliphatic rings. The van der Waals surface area contributed by atoms with Gasteiger partial charge >= 0.3 is 5.69 Å². The number of rotatable bonds is 5. The Labute approximate surface area is 162 Å². The second-order valence-electron chi connectivity index (χ2n) is 6.32. The van der Waals surface area contributed by atoms with Crippen molar-refractivity contribution >= 4 is 11.0 Å². The predicted octanol–water partition coefficient (Wildman–Crippen LogP) is 0.425.